The van der Waals surface area contributed by atoms with Crippen molar-refractivity contribution in [2.24, 2.45) is 0 Å². The topological polar surface area (TPSA) is 29.1 Å². The molecule has 1 amide bonds. The molecule has 4 heteroatoms. The number of thioether (sulfide) groups is 1. The van der Waals surface area contributed by atoms with Gasteiger partial charge in [-0.05, 0) is 41.8 Å². The second-order valence-electron chi connectivity index (χ2n) is 5.90. The van der Waals surface area contributed by atoms with Crippen molar-refractivity contribution in [2.75, 3.05) is 6.54 Å². The van der Waals surface area contributed by atoms with Crippen LogP contribution in [0, 0.1) is 5.82 Å². The predicted octanol–water partition coefficient (Wildman–Crippen LogP) is 5.09. The Hall–Kier alpha value is -2.59. The Balaban J connectivity index is 1.57. The molecule has 3 aromatic carbocycles. The molecule has 0 atom stereocenters. The van der Waals surface area contributed by atoms with Gasteiger partial charge in [0.25, 0.3) is 5.91 Å². The molecule has 0 saturated heterocycles. The lowest BCUT2D eigenvalue weighted by atomic mass is 10.1. The predicted molar refractivity (Wildman–Crippen MR) is 105 cm³/mol. The van der Waals surface area contributed by atoms with Crippen molar-refractivity contribution in [3.63, 3.8) is 0 Å². The Bertz CT molecular complexity index is 850. The molecule has 132 valence electrons. The first kappa shape index (κ1) is 18.2. The maximum absolute atomic E-state index is 12.9. The first-order valence-corrected chi connectivity index (χ1v) is 9.49. The van der Waals surface area contributed by atoms with Gasteiger partial charge >= 0.3 is 0 Å². The summed E-state index contributed by atoms with van der Waals surface area (Å²) in [4.78, 5) is 13.5. The number of carbonyl (C=O) groups excluding carboxylic acids is 1. The monoisotopic (exact) mass is 365 g/mol. The molecule has 0 heterocycles. The summed E-state index contributed by atoms with van der Waals surface area (Å²) < 4.78 is 12.9. The smallest absolute Gasteiger partial charge is 0.252 e. The lowest BCUT2D eigenvalue weighted by Crippen LogP contribution is -2.26. The molecule has 3 rings (SSSR count). The standard InChI is InChI=1S/C22H20FNOS/c23-19-12-10-17(11-13-19)14-15-24-22(25)20-8-4-5-9-21(20)26-16-18-6-2-1-3-7-18/h1-13H,14-16H2,(H,24,25). The molecule has 3 aromatic rings. The van der Waals surface area contributed by atoms with Crippen LogP contribution in [-0.2, 0) is 12.2 Å². The van der Waals surface area contributed by atoms with Crippen molar-refractivity contribution in [3.8, 4) is 0 Å². The Kier molecular flexibility index (Phi) is 6.45. The molecule has 0 bridgehead atoms. The molecule has 0 fully saturated rings. The number of nitrogens with one attached hydrogen (secondary N) is 1. The van der Waals surface area contributed by atoms with E-state index < -0.39 is 0 Å². The third-order valence-electron chi connectivity index (χ3n) is 3.98. The Morgan fingerprint density at radius 3 is 2.31 bits per heavy atom. The van der Waals surface area contributed by atoms with E-state index in [0.717, 1.165) is 16.2 Å². The van der Waals surface area contributed by atoms with Gasteiger partial charge in [-0.3, -0.25) is 4.79 Å². The lowest BCUT2D eigenvalue weighted by Gasteiger charge is -2.10. The van der Waals surface area contributed by atoms with Gasteiger partial charge in [-0.2, -0.15) is 0 Å². The Labute approximate surface area is 157 Å². The van der Waals surface area contributed by atoms with Crippen molar-refractivity contribution < 1.29 is 9.18 Å². The van der Waals surface area contributed by atoms with Crippen LogP contribution in [0.25, 0.3) is 0 Å². The van der Waals surface area contributed by atoms with Crippen LogP contribution in [0.2, 0.25) is 0 Å². The zero-order chi connectivity index (χ0) is 18.2. The maximum atomic E-state index is 12.9. The third kappa shape index (κ3) is 5.20. The summed E-state index contributed by atoms with van der Waals surface area (Å²) in [6.07, 6.45) is 0.672. The summed E-state index contributed by atoms with van der Waals surface area (Å²) >= 11 is 1.66. The maximum Gasteiger partial charge on any atom is 0.252 e. The van der Waals surface area contributed by atoms with Gasteiger partial charge in [0.1, 0.15) is 5.82 Å². The minimum absolute atomic E-state index is 0.0803. The summed E-state index contributed by atoms with van der Waals surface area (Å²) in [5, 5.41) is 2.95. The van der Waals surface area contributed by atoms with Gasteiger partial charge in [-0.1, -0.05) is 54.6 Å². The van der Waals surface area contributed by atoms with Crippen LogP contribution in [0.3, 0.4) is 0 Å². The fraction of sp³-hybridized carbons (Fsp3) is 0.136. The van der Waals surface area contributed by atoms with Gasteiger partial charge in [0.05, 0.1) is 5.56 Å². The zero-order valence-corrected chi connectivity index (χ0v) is 15.1. The van der Waals surface area contributed by atoms with E-state index in [1.165, 1.54) is 17.7 Å². The molecule has 2 nitrogen and oxygen atoms in total. The normalized spacial score (nSPS) is 10.5. The Morgan fingerprint density at radius 1 is 0.846 bits per heavy atom. The first-order chi connectivity index (χ1) is 12.7. The van der Waals surface area contributed by atoms with Gasteiger partial charge in [0, 0.05) is 17.2 Å². The van der Waals surface area contributed by atoms with Crippen molar-refractivity contribution in [3.05, 3.63) is 101 Å². The van der Waals surface area contributed by atoms with Crippen LogP contribution in [0.4, 0.5) is 4.39 Å². The van der Waals surface area contributed by atoms with E-state index in [0.29, 0.717) is 18.5 Å². The summed E-state index contributed by atoms with van der Waals surface area (Å²) in [7, 11) is 0. The van der Waals surface area contributed by atoms with Crippen molar-refractivity contribution in [1.29, 1.82) is 0 Å². The van der Waals surface area contributed by atoms with Crippen molar-refractivity contribution in [1.82, 2.24) is 5.32 Å². The average molecular weight is 365 g/mol. The molecule has 26 heavy (non-hydrogen) atoms. The van der Waals surface area contributed by atoms with E-state index in [1.807, 2.05) is 42.5 Å². The summed E-state index contributed by atoms with van der Waals surface area (Å²) in [5.41, 5.74) is 2.91. The molecular formula is C22H20FNOS. The van der Waals surface area contributed by atoms with Crippen LogP contribution in [-0.4, -0.2) is 12.5 Å². The highest BCUT2D eigenvalue weighted by atomic mass is 32.2. The summed E-state index contributed by atoms with van der Waals surface area (Å²) in [6.45, 7) is 0.516. The largest absolute Gasteiger partial charge is 0.352 e. The Morgan fingerprint density at radius 2 is 1.54 bits per heavy atom. The van der Waals surface area contributed by atoms with E-state index in [-0.39, 0.29) is 11.7 Å². The van der Waals surface area contributed by atoms with Gasteiger partial charge in [0.15, 0.2) is 0 Å². The van der Waals surface area contributed by atoms with E-state index in [1.54, 1.807) is 23.9 Å². The molecule has 0 aliphatic rings. The number of rotatable bonds is 7. The van der Waals surface area contributed by atoms with E-state index in [4.69, 9.17) is 0 Å². The zero-order valence-electron chi connectivity index (χ0n) is 14.3. The van der Waals surface area contributed by atoms with Crippen LogP contribution in [0.5, 0.6) is 0 Å². The molecule has 0 aromatic heterocycles. The quantitative estimate of drug-likeness (QED) is 0.591. The molecule has 0 radical (unpaired) electrons. The number of hydrogen-bond acceptors (Lipinski definition) is 2. The van der Waals surface area contributed by atoms with E-state index in [9.17, 15) is 9.18 Å². The molecular weight excluding hydrogens is 345 g/mol. The highest BCUT2D eigenvalue weighted by Crippen LogP contribution is 2.26. The fourth-order valence-electron chi connectivity index (χ4n) is 2.58. The molecule has 1 N–H and O–H groups in total. The number of halogens is 1. The fourth-order valence-corrected chi connectivity index (χ4v) is 3.59. The second kappa shape index (κ2) is 9.20. The number of amides is 1. The summed E-state index contributed by atoms with van der Waals surface area (Å²) in [6, 6.07) is 24.2. The van der Waals surface area contributed by atoms with Crippen LogP contribution >= 0.6 is 11.8 Å². The molecule has 0 saturated carbocycles. The van der Waals surface area contributed by atoms with Gasteiger partial charge in [-0.15, -0.1) is 11.8 Å². The highest BCUT2D eigenvalue weighted by Gasteiger charge is 2.11. The molecule has 0 aliphatic heterocycles. The molecule has 0 spiro atoms. The SMILES string of the molecule is O=C(NCCc1ccc(F)cc1)c1ccccc1SCc1ccccc1. The first-order valence-electron chi connectivity index (χ1n) is 8.51. The number of carbonyl (C=O) groups is 1. The molecule has 0 aliphatic carbocycles. The summed E-state index contributed by atoms with van der Waals surface area (Å²) in [5.74, 6) is 0.492. The minimum atomic E-state index is -0.248. The van der Waals surface area contributed by atoms with Crippen LogP contribution in [0.15, 0.2) is 83.8 Å². The van der Waals surface area contributed by atoms with Crippen LogP contribution < -0.4 is 5.32 Å². The molecule has 0 unspecified atom stereocenters. The van der Waals surface area contributed by atoms with Crippen molar-refractivity contribution >= 4 is 17.7 Å². The van der Waals surface area contributed by atoms with Crippen molar-refractivity contribution in [2.45, 2.75) is 17.1 Å². The lowest BCUT2D eigenvalue weighted by molar-refractivity contribution is 0.0951. The van der Waals surface area contributed by atoms with E-state index in [2.05, 4.69) is 17.4 Å². The average Bonchev–Trinajstić information content (AvgIpc) is 2.69. The van der Waals surface area contributed by atoms with Gasteiger partial charge in [-0.25, -0.2) is 4.39 Å². The van der Waals surface area contributed by atoms with E-state index >= 15 is 0 Å². The van der Waals surface area contributed by atoms with Crippen LogP contribution in [0.1, 0.15) is 21.5 Å². The third-order valence-corrected chi connectivity index (χ3v) is 5.13. The second-order valence-corrected chi connectivity index (χ2v) is 6.92. The number of hydrogen-bond donors (Lipinski definition) is 1. The number of benzene rings is 3. The highest BCUT2D eigenvalue weighted by molar-refractivity contribution is 7.98. The van der Waals surface area contributed by atoms with Gasteiger partial charge in [0.2, 0.25) is 0 Å². The van der Waals surface area contributed by atoms with Gasteiger partial charge < -0.3 is 5.32 Å². The minimum Gasteiger partial charge on any atom is -0.352 e.